The molecule has 2 unspecified atom stereocenters. The molecule has 0 aromatic heterocycles. The van der Waals surface area contributed by atoms with E-state index in [1.54, 1.807) is 0 Å². The zero-order chi connectivity index (χ0) is 13.7. The summed E-state index contributed by atoms with van der Waals surface area (Å²) >= 11 is 0. The Labute approximate surface area is 98.7 Å². The highest BCUT2D eigenvalue weighted by Crippen LogP contribution is 2.45. The zero-order valence-corrected chi connectivity index (χ0v) is 8.92. The average Bonchev–Trinajstić information content (AvgIpc) is 2.81. The number of halogens is 4. The highest BCUT2D eigenvalue weighted by atomic mass is 19.4. The number of nitrogens with one attached hydrogen (secondary N) is 1. The van der Waals surface area contributed by atoms with Gasteiger partial charge in [0.05, 0.1) is 24.5 Å². The third-order valence-electron chi connectivity index (χ3n) is 2.85. The minimum absolute atomic E-state index is 0.144. The summed E-state index contributed by atoms with van der Waals surface area (Å²) < 4.78 is 61.1. The summed E-state index contributed by atoms with van der Waals surface area (Å²) in [6.07, 6.45) is -9.31. The Balaban J connectivity index is 2.50. The molecule has 9 heteroatoms. The average molecular weight is 270 g/mol. The van der Waals surface area contributed by atoms with Crippen LogP contribution in [0.2, 0.25) is 0 Å². The minimum atomic E-state index is -5.04. The summed E-state index contributed by atoms with van der Waals surface area (Å²) in [4.78, 5) is 0. The van der Waals surface area contributed by atoms with Gasteiger partial charge in [-0.05, 0) is 0 Å². The molecule has 1 aliphatic carbocycles. The van der Waals surface area contributed by atoms with E-state index in [9.17, 15) is 22.7 Å². The maximum Gasteiger partial charge on any atom is 0.433 e. The van der Waals surface area contributed by atoms with Gasteiger partial charge >= 0.3 is 6.18 Å². The predicted octanol–water partition coefficient (Wildman–Crippen LogP) is 0.237. The number of ether oxygens (including phenoxy) is 2. The topological polar surface area (TPSA) is 88.6 Å². The fourth-order valence-corrected chi connectivity index (χ4v) is 2.04. The number of nitrogens with two attached hydrogens (primary N) is 1. The predicted molar refractivity (Wildman–Crippen MR) is 50.5 cm³/mol. The zero-order valence-electron chi connectivity index (χ0n) is 8.92. The van der Waals surface area contributed by atoms with Crippen molar-refractivity contribution in [2.45, 2.75) is 24.2 Å². The molecule has 0 saturated carbocycles. The van der Waals surface area contributed by atoms with Crippen molar-refractivity contribution in [3.05, 3.63) is 11.3 Å². The van der Waals surface area contributed by atoms with Gasteiger partial charge in [0.15, 0.2) is 6.17 Å². The summed E-state index contributed by atoms with van der Waals surface area (Å²) in [7, 11) is 0. The molecule has 0 radical (unpaired) electrons. The Hall–Kier alpha value is -1.19. The van der Waals surface area contributed by atoms with E-state index >= 15 is 0 Å². The lowest BCUT2D eigenvalue weighted by molar-refractivity contribution is -0.176. The Morgan fingerprint density at radius 1 is 1.39 bits per heavy atom. The van der Waals surface area contributed by atoms with E-state index in [1.165, 1.54) is 0 Å². The molecule has 1 aliphatic heterocycles. The van der Waals surface area contributed by atoms with Crippen molar-refractivity contribution in [1.29, 1.82) is 5.41 Å². The van der Waals surface area contributed by atoms with Crippen molar-refractivity contribution in [1.82, 2.24) is 0 Å². The molecule has 5 nitrogen and oxygen atoms in total. The lowest BCUT2D eigenvalue weighted by Crippen LogP contribution is -2.46. The number of hydrogen-bond donors (Lipinski definition) is 3. The monoisotopic (exact) mass is 270 g/mol. The van der Waals surface area contributed by atoms with Crippen LogP contribution >= 0.6 is 0 Å². The van der Waals surface area contributed by atoms with Crippen LogP contribution in [0.4, 0.5) is 17.6 Å². The molecule has 1 saturated heterocycles. The standard InChI is InChI=1S/C9H10F4N2O3/c10-6-5(16)4(14)3(7(15)9(11,12)13)8(6)17-1-2-18-8/h5-6,15-16H,1-2,14H2. The lowest BCUT2D eigenvalue weighted by atomic mass is 10.0. The molecule has 0 aromatic rings. The Bertz CT molecular complexity index is 415. The first-order valence-electron chi connectivity index (χ1n) is 4.98. The van der Waals surface area contributed by atoms with Gasteiger partial charge in [0.2, 0.25) is 5.79 Å². The molecule has 1 heterocycles. The fraction of sp³-hybridized carbons (Fsp3) is 0.667. The molecule has 2 aliphatic rings. The summed E-state index contributed by atoms with van der Waals surface area (Å²) in [5.74, 6) is -2.42. The number of aliphatic hydroxyl groups excluding tert-OH is 1. The number of hydrogen-bond acceptors (Lipinski definition) is 5. The Morgan fingerprint density at radius 2 is 1.89 bits per heavy atom. The summed E-state index contributed by atoms with van der Waals surface area (Å²) in [5.41, 5.74) is 1.62. The van der Waals surface area contributed by atoms with Crippen molar-refractivity contribution in [2.24, 2.45) is 5.73 Å². The van der Waals surface area contributed by atoms with Gasteiger partial charge in [-0.1, -0.05) is 0 Å². The van der Waals surface area contributed by atoms with Crippen LogP contribution in [0.15, 0.2) is 11.3 Å². The second-order valence-electron chi connectivity index (χ2n) is 3.91. The summed E-state index contributed by atoms with van der Waals surface area (Å²) in [6.45, 7) is -0.288. The van der Waals surface area contributed by atoms with Crippen LogP contribution in [0.3, 0.4) is 0 Å². The fourth-order valence-electron chi connectivity index (χ4n) is 2.04. The van der Waals surface area contributed by atoms with Crippen molar-refractivity contribution < 1.29 is 32.1 Å². The Morgan fingerprint density at radius 3 is 2.33 bits per heavy atom. The summed E-state index contributed by atoms with van der Waals surface area (Å²) in [6, 6.07) is 0. The van der Waals surface area contributed by atoms with Crippen LogP contribution in [0.25, 0.3) is 0 Å². The van der Waals surface area contributed by atoms with E-state index in [0.717, 1.165) is 0 Å². The van der Waals surface area contributed by atoms with Crippen molar-refractivity contribution in [3.8, 4) is 0 Å². The first kappa shape index (κ1) is 13.2. The molecule has 0 amide bonds. The molecule has 4 N–H and O–H groups in total. The summed E-state index contributed by atoms with van der Waals surface area (Å²) in [5, 5.41) is 16.4. The largest absolute Gasteiger partial charge is 0.433 e. The molecule has 2 atom stereocenters. The first-order chi connectivity index (χ1) is 8.22. The van der Waals surface area contributed by atoms with E-state index in [4.69, 9.17) is 20.6 Å². The van der Waals surface area contributed by atoms with Gasteiger partial charge in [-0.2, -0.15) is 13.2 Å². The molecule has 1 spiro atoms. The number of alkyl halides is 4. The third kappa shape index (κ3) is 1.62. The maximum atomic E-state index is 13.8. The van der Waals surface area contributed by atoms with Crippen LogP contribution < -0.4 is 5.73 Å². The third-order valence-corrected chi connectivity index (χ3v) is 2.85. The Kier molecular flexibility index (Phi) is 2.87. The van der Waals surface area contributed by atoms with Gasteiger partial charge in [-0.25, -0.2) is 4.39 Å². The van der Waals surface area contributed by atoms with Crippen molar-refractivity contribution in [2.75, 3.05) is 13.2 Å². The normalized spacial score (nSPS) is 31.4. The SMILES string of the molecule is N=C(C1=C(N)C(O)C(F)C12OCCO2)C(F)(F)F. The minimum Gasteiger partial charge on any atom is -0.399 e. The number of aliphatic hydroxyl groups is 1. The van der Waals surface area contributed by atoms with Crippen molar-refractivity contribution >= 4 is 5.71 Å². The molecular formula is C9H10F4N2O3. The van der Waals surface area contributed by atoms with Crippen LogP contribution in [-0.4, -0.2) is 48.3 Å². The molecule has 18 heavy (non-hydrogen) atoms. The van der Waals surface area contributed by atoms with Gasteiger partial charge in [0.25, 0.3) is 0 Å². The second kappa shape index (κ2) is 3.90. The quantitative estimate of drug-likeness (QED) is 0.470. The molecular weight excluding hydrogens is 260 g/mol. The van der Waals surface area contributed by atoms with Gasteiger partial charge in [0.1, 0.15) is 11.8 Å². The molecule has 1 fully saturated rings. The van der Waals surface area contributed by atoms with Gasteiger partial charge in [-0.15, -0.1) is 0 Å². The van der Waals surface area contributed by atoms with Crippen LogP contribution in [0.5, 0.6) is 0 Å². The molecule has 0 bridgehead atoms. The smallest absolute Gasteiger partial charge is 0.399 e. The van der Waals surface area contributed by atoms with Crippen LogP contribution in [-0.2, 0) is 9.47 Å². The van der Waals surface area contributed by atoms with E-state index in [2.05, 4.69) is 0 Å². The van der Waals surface area contributed by atoms with E-state index in [1.807, 2.05) is 0 Å². The molecule has 2 rings (SSSR count). The highest BCUT2D eigenvalue weighted by Gasteiger charge is 2.62. The second-order valence-corrected chi connectivity index (χ2v) is 3.91. The molecule has 0 aromatic carbocycles. The molecule has 102 valence electrons. The van der Waals surface area contributed by atoms with E-state index in [0.29, 0.717) is 0 Å². The van der Waals surface area contributed by atoms with E-state index < -0.39 is 41.2 Å². The maximum absolute atomic E-state index is 13.8. The van der Waals surface area contributed by atoms with Crippen molar-refractivity contribution in [3.63, 3.8) is 0 Å². The van der Waals surface area contributed by atoms with Crippen LogP contribution in [0.1, 0.15) is 0 Å². The van der Waals surface area contributed by atoms with Gasteiger partial charge in [-0.3, -0.25) is 5.41 Å². The van der Waals surface area contributed by atoms with Gasteiger partial charge < -0.3 is 20.3 Å². The van der Waals surface area contributed by atoms with Crippen LogP contribution in [0, 0.1) is 5.41 Å². The van der Waals surface area contributed by atoms with E-state index in [-0.39, 0.29) is 13.2 Å². The lowest BCUT2D eigenvalue weighted by Gasteiger charge is -2.28. The first-order valence-corrected chi connectivity index (χ1v) is 4.98. The number of rotatable bonds is 1. The highest BCUT2D eigenvalue weighted by molar-refractivity contribution is 6.04. The van der Waals surface area contributed by atoms with Gasteiger partial charge in [0, 0.05) is 0 Å².